The highest BCUT2D eigenvalue weighted by molar-refractivity contribution is 6.32. The number of tetrazole rings is 1. The van der Waals surface area contributed by atoms with Gasteiger partial charge in [-0.15, -0.1) is 23.4 Å². The summed E-state index contributed by atoms with van der Waals surface area (Å²) < 4.78 is 54.7. The number of aromatic nitrogens is 5. The van der Waals surface area contributed by atoms with Gasteiger partial charge in [-0.2, -0.15) is 4.80 Å². The van der Waals surface area contributed by atoms with E-state index in [-0.39, 0.29) is 40.1 Å². The van der Waals surface area contributed by atoms with Crippen molar-refractivity contribution in [1.29, 1.82) is 0 Å². The molecule has 0 fully saturated rings. The summed E-state index contributed by atoms with van der Waals surface area (Å²) in [5.41, 5.74) is 0.0799. The van der Waals surface area contributed by atoms with E-state index in [1.165, 1.54) is 19.1 Å². The molecule has 0 N–H and O–H groups in total. The number of hydrogen-bond acceptors (Lipinski definition) is 6. The van der Waals surface area contributed by atoms with Crippen molar-refractivity contribution in [3.05, 3.63) is 52.4 Å². The maximum absolute atomic E-state index is 13.9. The van der Waals surface area contributed by atoms with Gasteiger partial charge in [0.15, 0.2) is 5.78 Å². The third kappa shape index (κ3) is 4.60. The molecule has 2 aromatic heterocycles. The molecule has 12 heteroatoms. The van der Waals surface area contributed by atoms with E-state index in [1.54, 1.807) is 0 Å². The van der Waals surface area contributed by atoms with Crippen LogP contribution >= 0.6 is 11.6 Å². The lowest BCUT2D eigenvalue weighted by Gasteiger charge is -2.10. The molecule has 0 unspecified atom stereocenters. The fraction of sp³-hybridized carbons (Fsp3) is 0.188. The highest BCUT2D eigenvalue weighted by Crippen LogP contribution is 2.26. The van der Waals surface area contributed by atoms with E-state index in [4.69, 9.17) is 11.6 Å². The van der Waals surface area contributed by atoms with E-state index in [1.807, 2.05) is 0 Å². The topological polar surface area (TPSA) is 82.8 Å². The number of pyridine rings is 1. The van der Waals surface area contributed by atoms with Gasteiger partial charge in [-0.25, -0.2) is 9.37 Å². The van der Waals surface area contributed by atoms with Crippen LogP contribution in [0.3, 0.4) is 0 Å². The Labute approximate surface area is 159 Å². The third-order valence-corrected chi connectivity index (χ3v) is 3.74. The van der Waals surface area contributed by atoms with E-state index in [9.17, 15) is 22.4 Å². The van der Waals surface area contributed by atoms with Gasteiger partial charge in [0, 0.05) is 12.5 Å². The van der Waals surface area contributed by atoms with Crippen LogP contribution in [0.1, 0.15) is 23.0 Å². The average molecular weight is 416 g/mol. The third-order valence-electron chi connectivity index (χ3n) is 3.43. The zero-order chi connectivity index (χ0) is 20.5. The Kier molecular flexibility index (Phi) is 5.27. The highest BCUT2D eigenvalue weighted by Gasteiger charge is 2.31. The summed E-state index contributed by atoms with van der Waals surface area (Å²) in [6, 6.07) is 5.44. The number of carbonyl (C=O) groups excluding carboxylic acids is 1. The second-order valence-electron chi connectivity index (χ2n) is 5.53. The van der Waals surface area contributed by atoms with Crippen LogP contribution < -0.4 is 4.74 Å². The van der Waals surface area contributed by atoms with Gasteiger partial charge in [-0.1, -0.05) is 11.6 Å². The Morgan fingerprint density at radius 1 is 1.25 bits per heavy atom. The Hall–Kier alpha value is -3.08. The average Bonchev–Trinajstić information content (AvgIpc) is 3.05. The number of alkyl halides is 3. The minimum Gasteiger partial charge on any atom is -0.406 e. The van der Waals surface area contributed by atoms with Crippen LogP contribution in [0.25, 0.3) is 11.5 Å². The molecule has 0 saturated heterocycles. The van der Waals surface area contributed by atoms with Crippen molar-refractivity contribution in [2.45, 2.75) is 19.8 Å². The highest BCUT2D eigenvalue weighted by atomic mass is 35.5. The van der Waals surface area contributed by atoms with E-state index in [0.29, 0.717) is 0 Å². The molecular formula is C16H10ClF4N5O2. The molecule has 2 heterocycles. The second-order valence-corrected chi connectivity index (χ2v) is 5.93. The van der Waals surface area contributed by atoms with Gasteiger partial charge in [0.05, 0.1) is 11.6 Å². The lowest BCUT2D eigenvalue weighted by atomic mass is 10.2. The molecule has 0 atom stereocenters. The quantitative estimate of drug-likeness (QED) is 0.467. The molecule has 0 aliphatic carbocycles. The number of rotatable bonds is 5. The SMILES string of the molecule is CC(=O)c1ccc(Cl)c(-c2nnn(Cc3cc(OC(F)(F)F)ccc3F)n2)n1. The van der Waals surface area contributed by atoms with Gasteiger partial charge in [0.2, 0.25) is 5.82 Å². The van der Waals surface area contributed by atoms with E-state index in [0.717, 1.165) is 23.0 Å². The summed E-state index contributed by atoms with van der Waals surface area (Å²) in [6.07, 6.45) is -4.90. The van der Waals surface area contributed by atoms with Crippen molar-refractivity contribution in [2.75, 3.05) is 0 Å². The molecule has 28 heavy (non-hydrogen) atoms. The summed E-state index contributed by atoms with van der Waals surface area (Å²) in [6.45, 7) is 1.00. The fourth-order valence-electron chi connectivity index (χ4n) is 2.22. The van der Waals surface area contributed by atoms with Crippen molar-refractivity contribution in [3.8, 4) is 17.3 Å². The molecule has 0 bridgehead atoms. The van der Waals surface area contributed by atoms with Crippen LogP contribution in [-0.4, -0.2) is 37.3 Å². The van der Waals surface area contributed by atoms with Crippen LogP contribution in [0.5, 0.6) is 5.75 Å². The van der Waals surface area contributed by atoms with Crippen molar-refractivity contribution in [1.82, 2.24) is 25.2 Å². The second kappa shape index (κ2) is 7.50. The first-order valence-corrected chi connectivity index (χ1v) is 8.00. The number of halogens is 5. The minimum atomic E-state index is -4.90. The van der Waals surface area contributed by atoms with Gasteiger partial charge >= 0.3 is 6.36 Å². The number of ether oxygens (including phenoxy) is 1. The van der Waals surface area contributed by atoms with Crippen molar-refractivity contribution in [3.63, 3.8) is 0 Å². The van der Waals surface area contributed by atoms with Crippen LogP contribution in [-0.2, 0) is 6.54 Å². The van der Waals surface area contributed by atoms with Gasteiger partial charge in [0.25, 0.3) is 0 Å². The summed E-state index contributed by atoms with van der Waals surface area (Å²) in [5, 5.41) is 11.6. The largest absolute Gasteiger partial charge is 0.573 e. The first-order valence-electron chi connectivity index (χ1n) is 7.62. The molecule has 7 nitrogen and oxygen atoms in total. The Morgan fingerprint density at radius 3 is 2.68 bits per heavy atom. The molecule has 0 radical (unpaired) electrons. The van der Waals surface area contributed by atoms with E-state index >= 15 is 0 Å². The molecular weight excluding hydrogens is 406 g/mol. The molecule has 0 amide bonds. The van der Waals surface area contributed by atoms with Crippen LogP contribution in [0.4, 0.5) is 17.6 Å². The van der Waals surface area contributed by atoms with Gasteiger partial charge < -0.3 is 4.74 Å². The number of Topliss-reactive ketones (excluding diaryl/α,β-unsaturated/α-hetero) is 1. The number of ketones is 1. The molecule has 146 valence electrons. The number of carbonyl (C=O) groups is 1. The van der Waals surface area contributed by atoms with Crippen molar-refractivity contribution >= 4 is 17.4 Å². The fourth-order valence-corrected chi connectivity index (χ4v) is 2.41. The number of nitrogens with zero attached hydrogens (tertiary/aromatic N) is 5. The van der Waals surface area contributed by atoms with Crippen LogP contribution in [0, 0.1) is 5.82 Å². The molecule has 3 aromatic rings. The van der Waals surface area contributed by atoms with Crippen LogP contribution in [0.15, 0.2) is 30.3 Å². The first kappa shape index (κ1) is 19.7. The monoisotopic (exact) mass is 415 g/mol. The molecule has 1 aromatic carbocycles. The zero-order valence-electron chi connectivity index (χ0n) is 14.0. The van der Waals surface area contributed by atoms with Gasteiger partial charge in [-0.3, -0.25) is 4.79 Å². The lowest BCUT2D eigenvalue weighted by Crippen LogP contribution is -2.17. The molecule has 0 aliphatic rings. The summed E-state index contributed by atoms with van der Waals surface area (Å²) in [7, 11) is 0. The normalized spacial score (nSPS) is 11.5. The summed E-state index contributed by atoms with van der Waals surface area (Å²) in [4.78, 5) is 16.5. The summed E-state index contributed by atoms with van der Waals surface area (Å²) in [5.74, 6) is -1.68. The van der Waals surface area contributed by atoms with Crippen molar-refractivity contribution in [2.24, 2.45) is 0 Å². The lowest BCUT2D eigenvalue weighted by molar-refractivity contribution is -0.274. The Morgan fingerprint density at radius 2 is 2.00 bits per heavy atom. The molecule has 0 saturated carbocycles. The Bertz CT molecular complexity index is 1040. The Balaban J connectivity index is 1.87. The summed E-state index contributed by atoms with van der Waals surface area (Å²) >= 11 is 6.04. The molecule has 0 aliphatic heterocycles. The number of benzene rings is 1. The zero-order valence-corrected chi connectivity index (χ0v) is 14.8. The molecule has 0 spiro atoms. The standard InChI is InChI=1S/C16H10ClF4N5O2/c1-8(27)13-5-3-11(17)14(22-13)15-23-25-26(24-15)7-9-6-10(2-4-12(9)18)28-16(19,20)21/h2-6H,7H2,1H3. The smallest absolute Gasteiger partial charge is 0.406 e. The number of hydrogen-bond donors (Lipinski definition) is 0. The van der Waals surface area contributed by atoms with Gasteiger partial charge in [0.1, 0.15) is 23.0 Å². The van der Waals surface area contributed by atoms with Gasteiger partial charge in [-0.05, 0) is 35.5 Å². The predicted molar refractivity (Wildman–Crippen MR) is 88.2 cm³/mol. The first-order chi connectivity index (χ1) is 13.1. The maximum Gasteiger partial charge on any atom is 0.573 e. The molecule has 3 rings (SSSR count). The van der Waals surface area contributed by atoms with E-state index < -0.39 is 17.9 Å². The predicted octanol–water partition coefficient (Wildman–Crippen LogP) is 3.68. The van der Waals surface area contributed by atoms with E-state index in [2.05, 4.69) is 25.1 Å². The minimum absolute atomic E-state index is 0.0313. The van der Waals surface area contributed by atoms with Crippen LogP contribution in [0.2, 0.25) is 5.02 Å². The van der Waals surface area contributed by atoms with Crippen molar-refractivity contribution < 1.29 is 27.1 Å². The maximum atomic E-state index is 13.9.